The molecular formula is C26H31O3P. The second-order valence-corrected chi connectivity index (χ2v) is 10.3. The Bertz CT molecular complexity index is 859. The maximum absolute atomic E-state index is 6.11. The van der Waals surface area contributed by atoms with Crippen molar-refractivity contribution in [2.45, 2.75) is 46.5 Å². The Morgan fingerprint density at radius 2 is 0.967 bits per heavy atom. The van der Waals surface area contributed by atoms with Crippen molar-refractivity contribution in [1.82, 2.24) is 0 Å². The number of rotatable bonds is 8. The minimum absolute atomic E-state index is 0.0859. The van der Waals surface area contributed by atoms with Crippen LogP contribution in [0.15, 0.2) is 84.9 Å². The van der Waals surface area contributed by atoms with Crippen LogP contribution in [0.4, 0.5) is 0 Å². The van der Waals surface area contributed by atoms with Gasteiger partial charge in [-0.25, -0.2) is 0 Å². The molecule has 0 N–H and O–H groups in total. The van der Waals surface area contributed by atoms with Gasteiger partial charge < -0.3 is 13.6 Å². The molecule has 3 aromatic rings. The second-order valence-electron chi connectivity index (χ2n) is 9.27. The van der Waals surface area contributed by atoms with E-state index < -0.39 is 8.60 Å². The first-order valence-corrected chi connectivity index (χ1v) is 11.4. The van der Waals surface area contributed by atoms with Crippen LogP contribution in [-0.2, 0) is 5.41 Å². The lowest BCUT2D eigenvalue weighted by molar-refractivity contribution is 0.284. The highest BCUT2D eigenvalue weighted by Crippen LogP contribution is 2.43. The average molecular weight is 423 g/mol. The van der Waals surface area contributed by atoms with Crippen molar-refractivity contribution in [1.29, 1.82) is 0 Å². The van der Waals surface area contributed by atoms with Crippen molar-refractivity contribution in [3.05, 3.63) is 90.5 Å². The summed E-state index contributed by atoms with van der Waals surface area (Å²) in [7, 11) is -1.65. The molecule has 0 spiro atoms. The Morgan fingerprint density at radius 1 is 0.567 bits per heavy atom. The summed E-state index contributed by atoms with van der Waals surface area (Å²) in [4.78, 5) is 0. The SMILES string of the molecule is CC(C)(C)CC(C)(C)c1ccc(OP(Oc2ccccc2)Oc2ccccc2)cc1. The van der Waals surface area contributed by atoms with Crippen molar-refractivity contribution in [2.24, 2.45) is 5.41 Å². The molecule has 0 saturated heterocycles. The first kappa shape index (κ1) is 22.2. The van der Waals surface area contributed by atoms with E-state index in [-0.39, 0.29) is 10.8 Å². The van der Waals surface area contributed by atoms with Crippen molar-refractivity contribution in [3.8, 4) is 17.2 Å². The summed E-state index contributed by atoms with van der Waals surface area (Å²) in [5.41, 5.74) is 1.64. The molecule has 0 radical (unpaired) electrons. The average Bonchev–Trinajstić information content (AvgIpc) is 2.68. The number of para-hydroxylation sites is 2. The molecular weight excluding hydrogens is 391 g/mol. The fraction of sp³-hybridized carbons (Fsp3) is 0.308. The van der Waals surface area contributed by atoms with Gasteiger partial charge in [-0.05, 0) is 59.2 Å². The zero-order valence-corrected chi connectivity index (χ0v) is 19.4. The highest BCUT2D eigenvalue weighted by atomic mass is 31.2. The third-order valence-electron chi connectivity index (χ3n) is 4.63. The third-order valence-corrected chi connectivity index (χ3v) is 5.71. The van der Waals surface area contributed by atoms with E-state index in [4.69, 9.17) is 13.6 Å². The molecule has 0 aliphatic rings. The first-order valence-electron chi connectivity index (χ1n) is 10.3. The summed E-state index contributed by atoms with van der Waals surface area (Å²) < 4.78 is 18.1. The monoisotopic (exact) mass is 422 g/mol. The Labute approximate surface area is 182 Å². The number of hydrogen-bond acceptors (Lipinski definition) is 3. The minimum atomic E-state index is -1.65. The van der Waals surface area contributed by atoms with E-state index in [1.54, 1.807) is 0 Å². The molecule has 0 bridgehead atoms. The van der Waals surface area contributed by atoms with Crippen LogP contribution in [0, 0.1) is 5.41 Å². The molecule has 3 nitrogen and oxygen atoms in total. The molecule has 0 aromatic heterocycles. The molecule has 4 heteroatoms. The van der Waals surface area contributed by atoms with E-state index in [2.05, 4.69) is 46.8 Å². The zero-order chi connectivity index (χ0) is 21.6. The zero-order valence-electron chi connectivity index (χ0n) is 18.5. The van der Waals surface area contributed by atoms with E-state index in [1.165, 1.54) is 5.56 Å². The number of hydrogen-bond donors (Lipinski definition) is 0. The van der Waals surface area contributed by atoms with Crippen LogP contribution in [0.5, 0.6) is 17.2 Å². The van der Waals surface area contributed by atoms with Gasteiger partial charge in [-0.1, -0.05) is 83.1 Å². The molecule has 0 amide bonds. The van der Waals surface area contributed by atoms with Crippen LogP contribution < -0.4 is 13.6 Å². The summed E-state index contributed by atoms with van der Waals surface area (Å²) in [6.45, 7) is 11.4. The second kappa shape index (κ2) is 9.53. The Hall–Kier alpha value is -2.51. The summed E-state index contributed by atoms with van der Waals surface area (Å²) in [5, 5.41) is 0. The lowest BCUT2D eigenvalue weighted by Gasteiger charge is -2.33. The van der Waals surface area contributed by atoms with Gasteiger partial charge in [0.1, 0.15) is 17.2 Å². The quantitative estimate of drug-likeness (QED) is 0.343. The van der Waals surface area contributed by atoms with Gasteiger partial charge in [-0.15, -0.1) is 0 Å². The third kappa shape index (κ3) is 6.78. The largest absolute Gasteiger partial charge is 0.530 e. The van der Waals surface area contributed by atoms with Crippen LogP contribution in [-0.4, -0.2) is 0 Å². The molecule has 30 heavy (non-hydrogen) atoms. The van der Waals surface area contributed by atoms with Crippen molar-refractivity contribution in [3.63, 3.8) is 0 Å². The molecule has 0 saturated carbocycles. The minimum Gasteiger partial charge on any atom is -0.409 e. The van der Waals surface area contributed by atoms with Gasteiger partial charge in [0.25, 0.3) is 0 Å². The fourth-order valence-corrected chi connectivity index (χ4v) is 4.67. The predicted octanol–water partition coefficient (Wildman–Crippen LogP) is 8.16. The van der Waals surface area contributed by atoms with E-state index in [9.17, 15) is 0 Å². The van der Waals surface area contributed by atoms with E-state index in [1.807, 2.05) is 72.8 Å². The van der Waals surface area contributed by atoms with Crippen LogP contribution >= 0.6 is 8.60 Å². The van der Waals surface area contributed by atoms with Gasteiger partial charge in [0.05, 0.1) is 0 Å². The maximum atomic E-state index is 6.11. The molecule has 0 atom stereocenters. The van der Waals surface area contributed by atoms with Gasteiger partial charge in [0.2, 0.25) is 0 Å². The molecule has 158 valence electrons. The van der Waals surface area contributed by atoms with Gasteiger partial charge in [0.15, 0.2) is 0 Å². The maximum Gasteiger partial charge on any atom is 0.530 e. The Balaban J connectivity index is 1.75. The Morgan fingerprint density at radius 3 is 1.37 bits per heavy atom. The van der Waals surface area contributed by atoms with Crippen LogP contribution in [0.1, 0.15) is 46.6 Å². The summed E-state index contributed by atoms with van der Waals surface area (Å²) in [5.74, 6) is 2.15. The molecule has 0 heterocycles. The van der Waals surface area contributed by atoms with Crippen LogP contribution in [0.25, 0.3) is 0 Å². The number of benzene rings is 3. The highest BCUT2D eigenvalue weighted by Gasteiger charge is 2.27. The summed E-state index contributed by atoms with van der Waals surface area (Å²) >= 11 is 0. The van der Waals surface area contributed by atoms with Crippen molar-refractivity contribution < 1.29 is 13.6 Å². The Kier molecular flexibility index (Phi) is 7.05. The lowest BCUT2D eigenvalue weighted by atomic mass is 9.72. The normalized spacial score (nSPS) is 11.9. The first-order chi connectivity index (χ1) is 14.2. The van der Waals surface area contributed by atoms with Crippen LogP contribution in [0.2, 0.25) is 0 Å². The van der Waals surface area contributed by atoms with Crippen molar-refractivity contribution in [2.75, 3.05) is 0 Å². The summed E-state index contributed by atoms with van der Waals surface area (Å²) in [6.07, 6.45) is 1.10. The van der Waals surface area contributed by atoms with Gasteiger partial charge in [-0.2, -0.15) is 0 Å². The van der Waals surface area contributed by atoms with E-state index >= 15 is 0 Å². The standard InChI is InChI=1S/C26H31O3P/c1-25(2,3)20-26(4,5)21-16-18-24(19-17-21)29-30(27-22-12-8-6-9-13-22)28-23-14-10-7-11-15-23/h6-19H,20H2,1-5H3. The molecule has 0 aliphatic heterocycles. The molecule has 0 fully saturated rings. The fourth-order valence-electron chi connectivity index (χ4n) is 3.67. The van der Waals surface area contributed by atoms with Crippen molar-refractivity contribution >= 4 is 8.60 Å². The molecule has 3 rings (SSSR count). The van der Waals surface area contributed by atoms with Gasteiger partial charge >= 0.3 is 8.60 Å². The molecule has 0 aliphatic carbocycles. The topological polar surface area (TPSA) is 27.7 Å². The van der Waals surface area contributed by atoms with E-state index in [0.29, 0.717) is 11.5 Å². The highest BCUT2D eigenvalue weighted by molar-refractivity contribution is 7.43. The van der Waals surface area contributed by atoms with Gasteiger partial charge in [-0.3, -0.25) is 0 Å². The molecule has 3 aromatic carbocycles. The predicted molar refractivity (Wildman–Crippen MR) is 125 cm³/mol. The lowest BCUT2D eigenvalue weighted by Crippen LogP contribution is -2.24. The van der Waals surface area contributed by atoms with E-state index in [0.717, 1.165) is 12.2 Å². The smallest absolute Gasteiger partial charge is 0.409 e. The summed E-state index contributed by atoms with van der Waals surface area (Å²) in [6, 6.07) is 27.5. The van der Waals surface area contributed by atoms with Gasteiger partial charge in [0, 0.05) is 0 Å². The molecule has 0 unspecified atom stereocenters. The van der Waals surface area contributed by atoms with Crippen LogP contribution in [0.3, 0.4) is 0 Å².